The van der Waals surface area contributed by atoms with E-state index in [1.807, 2.05) is 82.3 Å². The molecule has 3 heterocycles. The van der Waals surface area contributed by atoms with Crippen LogP contribution in [0.2, 0.25) is 0 Å². The van der Waals surface area contributed by atoms with E-state index in [0.717, 1.165) is 34.0 Å². The van der Waals surface area contributed by atoms with Crippen LogP contribution >= 0.6 is 0 Å². The number of pyridine rings is 1. The molecule has 0 aliphatic carbocycles. The van der Waals surface area contributed by atoms with Gasteiger partial charge in [0.2, 0.25) is 0 Å². The number of aromatic amines is 1. The first-order chi connectivity index (χ1) is 17.4. The first-order valence-electron chi connectivity index (χ1n) is 12.2. The van der Waals surface area contributed by atoms with Gasteiger partial charge in [-0.1, -0.05) is 63.2 Å². The summed E-state index contributed by atoms with van der Waals surface area (Å²) < 4.78 is 1.53. The molecule has 5 rings (SSSR count). The molecule has 1 amide bonds. The first-order valence-corrected chi connectivity index (χ1v) is 12.2. The second kappa shape index (κ2) is 9.41. The van der Waals surface area contributed by atoms with E-state index in [4.69, 9.17) is 0 Å². The largest absolute Gasteiger partial charge is 0.344 e. The Morgan fingerprint density at radius 1 is 1.11 bits per heavy atom. The average Bonchev–Trinajstić information content (AvgIpc) is 3.28. The molecule has 0 saturated heterocycles. The van der Waals surface area contributed by atoms with E-state index in [-0.39, 0.29) is 29.1 Å². The molecule has 0 radical (unpaired) electrons. The van der Waals surface area contributed by atoms with Crippen molar-refractivity contribution in [3.8, 4) is 11.3 Å². The first kappa shape index (κ1) is 23.5. The van der Waals surface area contributed by atoms with Gasteiger partial charge in [0.1, 0.15) is 5.52 Å². The van der Waals surface area contributed by atoms with Crippen LogP contribution in [0.3, 0.4) is 0 Å². The minimum Gasteiger partial charge on any atom is -0.344 e. The Bertz CT molecular complexity index is 1630. The van der Waals surface area contributed by atoms with Crippen molar-refractivity contribution in [3.05, 3.63) is 99.7 Å². The highest BCUT2D eigenvalue weighted by molar-refractivity contribution is 5.96. The van der Waals surface area contributed by atoms with Crippen LogP contribution in [-0.2, 0) is 0 Å². The molecule has 182 valence electrons. The van der Waals surface area contributed by atoms with Crippen LogP contribution in [0.25, 0.3) is 27.7 Å². The molecule has 1 atom stereocenters. The summed E-state index contributed by atoms with van der Waals surface area (Å²) in [7, 11) is 0. The molecule has 0 unspecified atom stereocenters. The number of hydrogen-bond donors (Lipinski definition) is 2. The Kier molecular flexibility index (Phi) is 6.14. The molecule has 5 aromatic rings. The van der Waals surface area contributed by atoms with Gasteiger partial charge in [0.25, 0.3) is 11.5 Å². The molecular formula is C29H29N5O2. The lowest BCUT2D eigenvalue weighted by molar-refractivity contribution is 0.0929. The molecule has 7 heteroatoms. The highest BCUT2D eigenvalue weighted by Crippen LogP contribution is 2.27. The van der Waals surface area contributed by atoms with Gasteiger partial charge >= 0.3 is 0 Å². The maximum atomic E-state index is 13.4. The molecule has 7 nitrogen and oxygen atoms in total. The standard InChI is InChI=1S/C29H29N5O2/c1-5-22(19-11-7-6-8-12-19)31-28(35)26-25(17(2)3)27-29(36)32-24(16-34(27)33-26)20-14-21-18(4)10-9-13-23(21)30-15-20/h6-17,22H,5H2,1-4H3,(H,31,35)(H,32,36)/t22-/m1/s1. The maximum Gasteiger partial charge on any atom is 0.274 e. The van der Waals surface area contributed by atoms with Gasteiger partial charge in [0.15, 0.2) is 5.69 Å². The zero-order chi connectivity index (χ0) is 25.4. The number of hydrogen-bond acceptors (Lipinski definition) is 4. The zero-order valence-electron chi connectivity index (χ0n) is 20.9. The highest BCUT2D eigenvalue weighted by Gasteiger charge is 2.26. The number of H-pyrrole nitrogens is 1. The normalized spacial score (nSPS) is 12.4. The molecule has 2 N–H and O–H groups in total. The van der Waals surface area contributed by atoms with Gasteiger partial charge in [-0.2, -0.15) is 5.10 Å². The van der Waals surface area contributed by atoms with E-state index in [1.165, 1.54) is 4.52 Å². The minimum atomic E-state index is -0.290. The van der Waals surface area contributed by atoms with Crippen LogP contribution in [0.15, 0.2) is 71.8 Å². The van der Waals surface area contributed by atoms with Crippen molar-refractivity contribution in [1.29, 1.82) is 0 Å². The third-order valence-electron chi connectivity index (χ3n) is 6.62. The van der Waals surface area contributed by atoms with Gasteiger partial charge in [0, 0.05) is 22.7 Å². The van der Waals surface area contributed by atoms with Crippen LogP contribution in [0.5, 0.6) is 0 Å². The van der Waals surface area contributed by atoms with Crippen molar-refractivity contribution in [1.82, 2.24) is 24.9 Å². The fourth-order valence-corrected chi connectivity index (χ4v) is 4.74. The summed E-state index contributed by atoms with van der Waals surface area (Å²) >= 11 is 0. The van der Waals surface area contributed by atoms with Gasteiger partial charge < -0.3 is 10.3 Å². The number of amides is 1. The number of carbonyl (C=O) groups is 1. The lowest BCUT2D eigenvalue weighted by Crippen LogP contribution is -2.29. The number of benzene rings is 2. The van der Waals surface area contributed by atoms with E-state index in [2.05, 4.69) is 20.4 Å². The molecular weight excluding hydrogens is 450 g/mol. The van der Waals surface area contributed by atoms with Crippen LogP contribution < -0.4 is 10.9 Å². The van der Waals surface area contributed by atoms with Gasteiger partial charge in [-0.05, 0) is 42.5 Å². The Balaban J connectivity index is 1.59. The predicted octanol–water partition coefficient (Wildman–Crippen LogP) is 5.55. The molecule has 36 heavy (non-hydrogen) atoms. The number of nitrogens with one attached hydrogen (secondary N) is 2. The lowest BCUT2D eigenvalue weighted by Gasteiger charge is -2.17. The van der Waals surface area contributed by atoms with Crippen molar-refractivity contribution in [2.75, 3.05) is 0 Å². The minimum absolute atomic E-state index is 0.0722. The monoisotopic (exact) mass is 479 g/mol. The quantitative estimate of drug-likeness (QED) is 0.334. The number of nitrogens with zero attached hydrogens (tertiary/aromatic N) is 3. The Labute approximate surface area is 209 Å². The summed E-state index contributed by atoms with van der Waals surface area (Å²) in [6.07, 6.45) is 4.24. The second-order valence-electron chi connectivity index (χ2n) is 9.42. The van der Waals surface area contributed by atoms with Crippen molar-refractivity contribution < 1.29 is 4.79 Å². The van der Waals surface area contributed by atoms with Crippen molar-refractivity contribution in [2.24, 2.45) is 0 Å². The Morgan fingerprint density at radius 2 is 1.89 bits per heavy atom. The second-order valence-corrected chi connectivity index (χ2v) is 9.42. The average molecular weight is 480 g/mol. The molecule has 3 aromatic heterocycles. The van der Waals surface area contributed by atoms with Gasteiger partial charge in [-0.3, -0.25) is 14.6 Å². The van der Waals surface area contributed by atoms with Crippen molar-refractivity contribution in [3.63, 3.8) is 0 Å². The molecule has 0 spiro atoms. The third-order valence-corrected chi connectivity index (χ3v) is 6.62. The highest BCUT2D eigenvalue weighted by atomic mass is 16.2. The number of fused-ring (bicyclic) bond motifs is 2. The van der Waals surface area contributed by atoms with E-state index in [9.17, 15) is 9.59 Å². The molecule has 0 bridgehead atoms. The van der Waals surface area contributed by atoms with E-state index in [1.54, 1.807) is 12.4 Å². The topological polar surface area (TPSA) is 92.2 Å². The fourth-order valence-electron chi connectivity index (χ4n) is 4.74. The van der Waals surface area contributed by atoms with Gasteiger partial charge in [0.05, 0.1) is 23.4 Å². The smallest absolute Gasteiger partial charge is 0.274 e. The summed E-state index contributed by atoms with van der Waals surface area (Å²) in [5, 5.41) is 8.74. The summed E-state index contributed by atoms with van der Waals surface area (Å²) in [6.45, 7) is 7.99. The molecule has 0 saturated carbocycles. The van der Waals surface area contributed by atoms with Gasteiger partial charge in [-0.15, -0.1) is 0 Å². The number of rotatable bonds is 6. The summed E-state index contributed by atoms with van der Waals surface area (Å²) in [5.41, 5.74) is 5.40. The summed E-state index contributed by atoms with van der Waals surface area (Å²) in [4.78, 5) is 34.3. The number of aryl methyl sites for hydroxylation is 1. The zero-order valence-corrected chi connectivity index (χ0v) is 20.9. The predicted molar refractivity (Wildman–Crippen MR) is 142 cm³/mol. The molecule has 0 aliphatic rings. The van der Waals surface area contributed by atoms with Crippen molar-refractivity contribution in [2.45, 2.75) is 46.1 Å². The molecule has 0 fully saturated rings. The third kappa shape index (κ3) is 4.17. The van der Waals surface area contributed by atoms with E-state index < -0.39 is 0 Å². The number of carbonyl (C=O) groups excluding carboxylic acids is 1. The Morgan fingerprint density at radius 3 is 2.61 bits per heavy atom. The Hall–Kier alpha value is -4.26. The maximum absolute atomic E-state index is 13.4. The summed E-state index contributed by atoms with van der Waals surface area (Å²) in [5.74, 6) is -0.362. The van der Waals surface area contributed by atoms with Crippen LogP contribution in [0.1, 0.15) is 66.3 Å². The van der Waals surface area contributed by atoms with E-state index in [0.29, 0.717) is 16.8 Å². The van der Waals surface area contributed by atoms with Crippen LogP contribution in [-0.4, -0.2) is 25.5 Å². The van der Waals surface area contributed by atoms with Crippen molar-refractivity contribution >= 4 is 22.3 Å². The summed E-state index contributed by atoms with van der Waals surface area (Å²) in [6, 6.07) is 17.7. The van der Waals surface area contributed by atoms with Gasteiger partial charge in [-0.25, -0.2) is 4.52 Å². The molecule has 2 aromatic carbocycles. The number of aromatic nitrogens is 4. The fraction of sp³-hybridized carbons (Fsp3) is 0.241. The lowest BCUT2D eigenvalue weighted by atomic mass is 10.00. The van der Waals surface area contributed by atoms with Crippen LogP contribution in [0.4, 0.5) is 0 Å². The van der Waals surface area contributed by atoms with Crippen LogP contribution in [0, 0.1) is 6.92 Å². The molecule has 0 aliphatic heterocycles. The van der Waals surface area contributed by atoms with E-state index >= 15 is 0 Å². The SMILES string of the molecule is CC[C@@H](NC(=O)c1nn2cc(-c3cnc4cccc(C)c4c3)[nH]c(=O)c2c1C(C)C)c1ccccc1.